The fraction of sp³-hybridized carbons (Fsp3) is 0.647. The van der Waals surface area contributed by atoms with Crippen molar-refractivity contribution in [1.29, 1.82) is 0 Å². The molecular weight excluding hydrogens is 273 g/mol. The molecule has 0 heterocycles. The van der Waals surface area contributed by atoms with Gasteiger partial charge in [0.1, 0.15) is 5.82 Å². The molecule has 20 heavy (non-hydrogen) atoms. The van der Waals surface area contributed by atoms with Crippen LogP contribution in [0.4, 0.5) is 4.39 Å². The van der Waals surface area contributed by atoms with Gasteiger partial charge in [-0.1, -0.05) is 32.4 Å². The maximum Gasteiger partial charge on any atom is 0.126 e. The SMILES string of the molecule is CC(C)CNCC(C)(Cc1cc(Cl)ccc1F)C1CC1. The van der Waals surface area contributed by atoms with Crippen LogP contribution in [0, 0.1) is 23.1 Å². The second-order valence-corrected chi connectivity index (χ2v) is 7.30. The van der Waals surface area contributed by atoms with Crippen LogP contribution in [0.1, 0.15) is 39.2 Å². The van der Waals surface area contributed by atoms with Crippen LogP contribution < -0.4 is 5.32 Å². The van der Waals surface area contributed by atoms with Gasteiger partial charge in [-0.3, -0.25) is 0 Å². The van der Waals surface area contributed by atoms with Crippen molar-refractivity contribution >= 4 is 11.6 Å². The molecule has 0 aromatic heterocycles. The Labute approximate surface area is 126 Å². The lowest BCUT2D eigenvalue weighted by molar-refractivity contribution is 0.249. The molecule has 112 valence electrons. The van der Waals surface area contributed by atoms with Crippen LogP contribution in [-0.4, -0.2) is 13.1 Å². The number of rotatable bonds is 7. The summed E-state index contributed by atoms with van der Waals surface area (Å²) in [5, 5.41) is 4.17. The molecule has 0 aliphatic heterocycles. The lowest BCUT2D eigenvalue weighted by Gasteiger charge is -2.31. The first kappa shape index (κ1) is 15.8. The highest BCUT2D eigenvalue weighted by atomic mass is 35.5. The van der Waals surface area contributed by atoms with Gasteiger partial charge in [0.2, 0.25) is 0 Å². The van der Waals surface area contributed by atoms with Gasteiger partial charge in [-0.05, 0) is 66.8 Å². The van der Waals surface area contributed by atoms with Crippen molar-refractivity contribution in [2.45, 2.75) is 40.0 Å². The Balaban J connectivity index is 2.06. The standard InChI is InChI=1S/C17H25ClFN/c1-12(2)10-20-11-17(3,14-4-5-14)9-13-8-15(18)6-7-16(13)19/h6-8,12,14,20H,4-5,9-11H2,1-3H3. The number of hydrogen-bond donors (Lipinski definition) is 1. The fourth-order valence-corrected chi connectivity index (χ4v) is 3.09. The molecule has 1 saturated carbocycles. The minimum Gasteiger partial charge on any atom is -0.316 e. The molecule has 0 saturated heterocycles. The van der Waals surface area contributed by atoms with Crippen molar-refractivity contribution in [1.82, 2.24) is 5.32 Å². The van der Waals surface area contributed by atoms with Gasteiger partial charge in [0, 0.05) is 11.6 Å². The molecule has 0 amide bonds. The van der Waals surface area contributed by atoms with E-state index in [9.17, 15) is 4.39 Å². The van der Waals surface area contributed by atoms with E-state index in [1.807, 2.05) is 0 Å². The predicted octanol–water partition coefficient (Wildman–Crippen LogP) is 4.68. The van der Waals surface area contributed by atoms with Crippen LogP contribution in [0.5, 0.6) is 0 Å². The Morgan fingerprint density at radius 3 is 2.70 bits per heavy atom. The highest BCUT2D eigenvalue weighted by Gasteiger charge is 2.41. The van der Waals surface area contributed by atoms with Crippen LogP contribution in [0.15, 0.2) is 18.2 Å². The average Bonchev–Trinajstić information content (AvgIpc) is 3.18. The van der Waals surface area contributed by atoms with Crippen LogP contribution >= 0.6 is 11.6 Å². The van der Waals surface area contributed by atoms with E-state index in [-0.39, 0.29) is 11.2 Å². The van der Waals surface area contributed by atoms with E-state index in [2.05, 4.69) is 26.1 Å². The van der Waals surface area contributed by atoms with E-state index in [1.165, 1.54) is 18.9 Å². The number of halogens is 2. The molecule has 1 fully saturated rings. The quantitative estimate of drug-likeness (QED) is 0.770. The number of benzene rings is 1. The minimum absolute atomic E-state index is 0.125. The number of nitrogens with one attached hydrogen (secondary N) is 1. The summed E-state index contributed by atoms with van der Waals surface area (Å²) < 4.78 is 14.0. The van der Waals surface area contributed by atoms with Gasteiger partial charge in [-0.25, -0.2) is 4.39 Å². The Bertz CT molecular complexity index is 456. The zero-order chi connectivity index (χ0) is 14.8. The summed E-state index contributed by atoms with van der Waals surface area (Å²) in [4.78, 5) is 0. The minimum atomic E-state index is -0.134. The highest BCUT2D eigenvalue weighted by molar-refractivity contribution is 6.30. The van der Waals surface area contributed by atoms with E-state index >= 15 is 0 Å². The van der Waals surface area contributed by atoms with Gasteiger partial charge < -0.3 is 5.32 Å². The van der Waals surface area contributed by atoms with E-state index in [0.717, 1.165) is 25.1 Å². The number of hydrogen-bond acceptors (Lipinski definition) is 1. The van der Waals surface area contributed by atoms with Gasteiger partial charge in [0.15, 0.2) is 0 Å². The highest BCUT2D eigenvalue weighted by Crippen LogP contribution is 2.47. The molecule has 1 unspecified atom stereocenters. The van der Waals surface area contributed by atoms with Crippen molar-refractivity contribution in [2.75, 3.05) is 13.1 Å². The summed E-state index contributed by atoms with van der Waals surface area (Å²) in [6.07, 6.45) is 3.29. The molecule has 1 aromatic carbocycles. The van der Waals surface area contributed by atoms with Crippen LogP contribution in [0.3, 0.4) is 0 Å². The molecular formula is C17H25ClFN. The monoisotopic (exact) mass is 297 g/mol. The second-order valence-electron chi connectivity index (χ2n) is 6.87. The van der Waals surface area contributed by atoms with E-state index < -0.39 is 0 Å². The Hall–Kier alpha value is -0.600. The Kier molecular flexibility index (Phi) is 5.09. The first-order valence-electron chi connectivity index (χ1n) is 7.55. The fourth-order valence-electron chi connectivity index (χ4n) is 2.89. The van der Waals surface area contributed by atoms with Gasteiger partial charge in [-0.15, -0.1) is 0 Å². The van der Waals surface area contributed by atoms with Crippen molar-refractivity contribution < 1.29 is 4.39 Å². The normalized spacial score (nSPS) is 18.3. The van der Waals surface area contributed by atoms with Gasteiger partial charge in [0.05, 0.1) is 0 Å². The zero-order valence-electron chi connectivity index (χ0n) is 12.7. The molecule has 1 N–H and O–H groups in total. The lowest BCUT2D eigenvalue weighted by atomic mass is 9.78. The molecule has 2 rings (SSSR count). The van der Waals surface area contributed by atoms with Crippen molar-refractivity contribution in [3.8, 4) is 0 Å². The molecule has 1 aliphatic rings. The lowest BCUT2D eigenvalue weighted by Crippen LogP contribution is -2.37. The third-order valence-corrected chi connectivity index (χ3v) is 4.48. The summed E-state index contributed by atoms with van der Waals surface area (Å²) in [6, 6.07) is 4.87. The van der Waals surface area contributed by atoms with Gasteiger partial charge >= 0.3 is 0 Å². The summed E-state index contributed by atoms with van der Waals surface area (Å²) in [6.45, 7) is 8.65. The second kappa shape index (κ2) is 6.44. The van der Waals surface area contributed by atoms with Crippen molar-refractivity contribution in [3.05, 3.63) is 34.6 Å². The molecule has 0 bridgehead atoms. The summed E-state index contributed by atoms with van der Waals surface area (Å²) >= 11 is 6.00. The summed E-state index contributed by atoms with van der Waals surface area (Å²) in [5.74, 6) is 1.21. The topological polar surface area (TPSA) is 12.0 Å². The first-order valence-corrected chi connectivity index (χ1v) is 7.93. The van der Waals surface area contributed by atoms with Crippen LogP contribution in [0.25, 0.3) is 0 Å². The smallest absolute Gasteiger partial charge is 0.126 e. The zero-order valence-corrected chi connectivity index (χ0v) is 13.4. The van der Waals surface area contributed by atoms with Crippen molar-refractivity contribution in [2.24, 2.45) is 17.3 Å². The summed E-state index contributed by atoms with van der Waals surface area (Å²) in [7, 11) is 0. The largest absolute Gasteiger partial charge is 0.316 e. The van der Waals surface area contributed by atoms with Gasteiger partial charge in [-0.2, -0.15) is 0 Å². The first-order chi connectivity index (χ1) is 9.40. The Morgan fingerprint density at radius 2 is 2.10 bits per heavy atom. The third-order valence-electron chi connectivity index (χ3n) is 4.25. The molecule has 0 spiro atoms. The predicted molar refractivity (Wildman–Crippen MR) is 83.7 cm³/mol. The van der Waals surface area contributed by atoms with Crippen molar-refractivity contribution in [3.63, 3.8) is 0 Å². The molecule has 0 radical (unpaired) electrons. The molecule has 3 heteroatoms. The molecule has 1 atom stereocenters. The van der Waals surface area contributed by atoms with Gasteiger partial charge in [0.25, 0.3) is 0 Å². The maximum atomic E-state index is 14.0. The molecule has 1 aromatic rings. The Morgan fingerprint density at radius 1 is 1.40 bits per heavy atom. The van der Waals surface area contributed by atoms with Crippen LogP contribution in [0.2, 0.25) is 5.02 Å². The summed E-state index contributed by atoms with van der Waals surface area (Å²) in [5.41, 5.74) is 0.874. The van der Waals surface area contributed by atoms with Crippen LogP contribution in [-0.2, 0) is 6.42 Å². The maximum absolute atomic E-state index is 14.0. The molecule has 1 nitrogen and oxygen atoms in total. The van der Waals surface area contributed by atoms with E-state index in [4.69, 9.17) is 11.6 Å². The van der Waals surface area contributed by atoms with E-state index in [0.29, 0.717) is 16.9 Å². The molecule has 1 aliphatic carbocycles. The van der Waals surface area contributed by atoms with E-state index in [1.54, 1.807) is 12.1 Å². The third kappa shape index (κ3) is 4.20. The average molecular weight is 298 g/mol.